The van der Waals surface area contributed by atoms with Crippen molar-refractivity contribution in [2.45, 2.75) is 20.4 Å². The minimum absolute atomic E-state index is 0.238. The number of nitrogens with two attached hydrogens (primary N) is 1. The van der Waals surface area contributed by atoms with E-state index < -0.39 is 0 Å². The third-order valence-corrected chi connectivity index (χ3v) is 3.03. The molecular weight excluding hydrogens is 260 g/mol. The molecular formula is C14H17ClN4. The monoisotopic (exact) mass is 276 g/mol. The summed E-state index contributed by atoms with van der Waals surface area (Å²) >= 11 is 5.63. The summed E-state index contributed by atoms with van der Waals surface area (Å²) in [5.41, 5.74) is 9.76. The van der Waals surface area contributed by atoms with Crippen molar-refractivity contribution >= 4 is 23.1 Å². The van der Waals surface area contributed by atoms with E-state index in [1.165, 1.54) is 0 Å². The van der Waals surface area contributed by atoms with Crippen molar-refractivity contribution in [2.75, 3.05) is 5.88 Å². The summed E-state index contributed by atoms with van der Waals surface area (Å²) in [6, 6.07) is 9.97. The Morgan fingerprint density at radius 3 is 2.79 bits per heavy atom. The van der Waals surface area contributed by atoms with Gasteiger partial charge in [0, 0.05) is 5.69 Å². The van der Waals surface area contributed by atoms with Crippen molar-refractivity contribution < 1.29 is 0 Å². The molecule has 100 valence electrons. The molecule has 0 aliphatic heterocycles. The van der Waals surface area contributed by atoms with Crippen LogP contribution in [0.25, 0.3) is 0 Å². The van der Waals surface area contributed by atoms with Crippen molar-refractivity contribution in [1.29, 1.82) is 0 Å². The predicted molar refractivity (Wildman–Crippen MR) is 79.2 cm³/mol. The van der Waals surface area contributed by atoms with Gasteiger partial charge in [-0.2, -0.15) is 5.10 Å². The van der Waals surface area contributed by atoms with Crippen LogP contribution < -0.4 is 5.73 Å². The smallest absolute Gasteiger partial charge is 0.115 e. The fraction of sp³-hybridized carbons (Fsp3) is 0.286. The lowest BCUT2D eigenvalue weighted by Crippen LogP contribution is -2.12. The first kappa shape index (κ1) is 13.6. The van der Waals surface area contributed by atoms with Crippen LogP contribution in [-0.2, 0) is 6.54 Å². The van der Waals surface area contributed by atoms with Gasteiger partial charge in [-0.1, -0.05) is 12.1 Å². The zero-order chi connectivity index (χ0) is 13.8. The molecule has 0 atom stereocenters. The molecule has 2 rings (SSSR count). The highest BCUT2D eigenvalue weighted by Gasteiger charge is 2.02. The highest BCUT2D eigenvalue weighted by atomic mass is 35.5. The van der Waals surface area contributed by atoms with Crippen molar-refractivity contribution in [3.8, 4) is 0 Å². The van der Waals surface area contributed by atoms with Gasteiger partial charge in [-0.3, -0.25) is 4.68 Å². The number of rotatable bonds is 4. The van der Waals surface area contributed by atoms with Gasteiger partial charge in [-0.05, 0) is 37.6 Å². The summed E-state index contributed by atoms with van der Waals surface area (Å²) in [6.07, 6.45) is 0. The highest BCUT2D eigenvalue weighted by Crippen LogP contribution is 2.16. The van der Waals surface area contributed by atoms with Gasteiger partial charge in [0.15, 0.2) is 0 Å². The third kappa shape index (κ3) is 3.58. The molecule has 0 saturated heterocycles. The average Bonchev–Trinajstić information content (AvgIpc) is 2.68. The number of alkyl halides is 1. The number of nitrogens with zero attached hydrogens (tertiary/aromatic N) is 3. The fourth-order valence-corrected chi connectivity index (χ4v) is 1.99. The van der Waals surface area contributed by atoms with E-state index in [9.17, 15) is 0 Å². The van der Waals surface area contributed by atoms with Crippen LogP contribution in [0.1, 0.15) is 17.0 Å². The molecule has 0 aliphatic rings. The maximum Gasteiger partial charge on any atom is 0.115 e. The fourth-order valence-electron chi connectivity index (χ4n) is 1.93. The molecule has 0 fully saturated rings. The Hall–Kier alpha value is -1.81. The SMILES string of the molecule is Cc1cc(C)n(Cc2cccc(N=C(N)CCl)c2)n1. The van der Waals surface area contributed by atoms with Crippen LogP contribution in [0, 0.1) is 13.8 Å². The lowest BCUT2D eigenvalue weighted by atomic mass is 10.2. The molecule has 0 amide bonds. The molecule has 0 bridgehead atoms. The molecule has 4 nitrogen and oxygen atoms in total. The Morgan fingerprint density at radius 2 is 2.16 bits per heavy atom. The second kappa shape index (κ2) is 5.89. The third-order valence-electron chi connectivity index (χ3n) is 2.76. The molecule has 2 N–H and O–H groups in total. The minimum Gasteiger partial charge on any atom is -0.386 e. The average molecular weight is 277 g/mol. The molecule has 19 heavy (non-hydrogen) atoms. The zero-order valence-corrected chi connectivity index (χ0v) is 11.9. The van der Waals surface area contributed by atoms with E-state index in [-0.39, 0.29) is 5.88 Å². The number of aromatic nitrogens is 2. The van der Waals surface area contributed by atoms with Crippen molar-refractivity contribution in [1.82, 2.24) is 9.78 Å². The van der Waals surface area contributed by atoms with E-state index in [2.05, 4.69) is 16.2 Å². The standard InChI is InChI=1S/C14H17ClN4/c1-10-6-11(2)19(18-10)9-12-4-3-5-13(7-12)17-14(16)8-15/h3-7H,8-9H2,1-2H3,(H2,16,17). The lowest BCUT2D eigenvalue weighted by molar-refractivity contribution is 0.659. The molecule has 2 aromatic rings. The van der Waals surface area contributed by atoms with Gasteiger partial charge < -0.3 is 5.73 Å². The zero-order valence-electron chi connectivity index (χ0n) is 11.1. The molecule has 1 aromatic carbocycles. The lowest BCUT2D eigenvalue weighted by Gasteiger charge is -2.05. The van der Waals surface area contributed by atoms with Gasteiger partial charge in [-0.25, -0.2) is 4.99 Å². The van der Waals surface area contributed by atoms with E-state index >= 15 is 0 Å². The molecule has 1 aromatic heterocycles. The Bertz CT molecular complexity index is 601. The van der Waals surface area contributed by atoms with Gasteiger partial charge in [0.2, 0.25) is 0 Å². The van der Waals surface area contributed by atoms with E-state index in [0.717, 1.165) is 29.2 Å². The van der Waals surface area contributed by atoms with Crippen molar-refractivity contribution in [3.63, 3.8) is 0 Å². The molecule has 1 heterocycles. The first-order valence-corrected chi connectivity index (χ1v) is 6.61. The number of amidine groups is 1. The van der Waals surface area contributed by atoms with Crippen LogP contribution in [0.4, 0.5) is 5.69 Å². The Kier molecular flexibility index (Phi) is 4.22. The number of halogens is 1. The first-order chi connectivity index (χ1) is 9.08. The molecule has 5 heteroatoms. The van der Waals surface area contributed by atoms with E-state index in [1.807, 2.05) is 42.8 Å². The summed E-state index contributed by atoms with van der Waals surface area (Å²) < 4.78 is 1.98. The van der Waals surface area contributed by atoms with E-state index in [4.69, 9.17) is 17.3 Å². The van der Waals surface area contributed by atoms with Gasteiger partial charge in [0.1, 0.15) is 5.84 Å². The quantitative estimate of drug-likeness (QED) is 0.530. The van der Waals surface area contributed by atoms with Crippen LogP contribution in [0.3, 0.4) is 0 Å². The van der Waals surface area contributed by atoms with Crippen molar-refractivity contribution in [2.24, 2.45) is 10.7 Å². The van der Waals surface area contributed by atoms with E-state index in [1.54, 1.807) is 0 Å². The van der Waals surface area contributed by atoms with E-state index in [0.29, 0.717) is 5.84 Å². The summed E-state index contributed by atoms with van der Waals surface area (Å²) in [5.74, 6) is 0.659. The minimum atomic E-state index is 0.238. The number of hydrogen-bond donors (Lipinski definition) is 1. The van der Waals surface area contributed by atoms with Gasteiger partial charge in [-0.15, -0.1) is 11.6 Å². The molecule has 0 unspecified atom stereocenters. The number of benzene rings is 1. The van der Waals surface area contributed by atoms with Crippen LogP contribution in [0.15, 0.2) is 35.3 Å². The Balaban J connectivity index is 2.22. The topological polar surface area (TPSA) is 56.2 Å². The second-order valence-electron chi connectivity index (χ2n) is 4.49. The summed E-state index contributed by atoms with van der Waals surface area (Å²) in [4.78, 5) is 4.24. The highest BCUT2D eigenvalue weighted by molar-refractivity contribution is 6.28. The molecule has 0 radical (unpaired) electrons. The van der Waals surface area contributed by atoms with Gasteiger partial charge in [0.25, 0.3) is 0 Å². The number of aryl methyl sites for hydroxylation is 2. The number of aliphatic imine (C=N–C) groups is 1. The Labute approximate surface area is 117 Å². The second-order valence-corrected chi connectivity index (χ2v) is 4.76. The maximum absolute atomic E-state index is 5.64. The van der Waals surface area contributed by atoms with Crippen LogP contribution >= 0.6 is 11.6 Å². The summed E-state index contributed by atoms with van der Waals surface area (Å²) in [7, 11) is 0. The summed E-state index contributed by atoms with van der Waals surface area (Å²) in [6.45, 7) is 4.77. The molecule has 0 spiro atoms. The van der Waals surface area contributed by atoms with Crippen LogP contribution in [-0.4, -0.2) is 21.5 Å². The normalized spacial score (nSPS) is 11.8. The Morgan fingerprint density at radius 1 is 1.37 bits per heavy atom. The van der Waals surface area contributed by atoms with Crippen LogP contribution in [0.2, 0.25) is 0 Å². The van der Waals surface area contributed by atoms with Gasteiger partial charge in [0.05, 0.1) is 23.8 Å². The summed E-state index contributed by atoms with van der Waals surface area (Å²) in [5, 5.41) is 4.45. The van der Waals surface area contributed by atoms with Gasteiger partial charge >= 0.3 is 0 Å². The molecule has 0 saturated carbocycles. The maximum atomic E-state index is 5.64. The predicted octanol–water partition coefficient (Wildman–Crippen LogP) is 2.78. The molecule has 0 aliphatic carbocycles. The van der Waals surface area contributed by atoms with Crippen LogP contribution in [0.5, 0.6) is 0 Å². The largest absolute Gasteiger partial charge is 0.386 e. The van der Waals surface area contributed by atoms with Crippen molar-refractivity contribution in [3.05, 3.63) is 47.3 Å². The number of hydrogen-bond acceptors (Lipinski definition) is 2. The first-order valence-electron chi connectivity index (χ1n) is 6.07.